The van der Waals surface area contributed by atoms with Gasteiger partial charge in [-0.1, -0.05) is 0 Å². The molecule has 0 aromatic carbocycles. The van der Waals surface area contributed by atoms with Gasteiger partial charge in [0.2, 0.25) is 0 Å². The van der Waals surface area contributed by atoms with Crippen molar-refractivity contribution in [1.82, 2.24) is 0 Å². The summed E-state index contributed by atoms with van der Waals surface area (Å²) in [4.78, 5) is 39.7. The average molecular weight is 308 g/mol. The topological polar surface area (TPSA) is 161 Å². The van der Waals surface area contributed by atoms with Crippen LogP contribution in [0.1, 0.15) is 27.7 Å². The molecule has 9 heteroatoms. The summed E-state index contributed by atoms with van der Waals surface area (Å²) in [6, 6.07) is 0. The summed E-state index contributed by atoms with van der Waals surface area (Å²) in [6.45, 7) is 4.05. The van der Waals surface area contributed by atoms with Crippen molar-refractivity contribution in [3.63, 3.8) is 0 Å². The Hall–Kier alpha value is -1.41. The van der Waals surface area contributed by atoms with Crippen LogP contribution in [0.5, 0.6) is 0 Å². The fraction of sp³-hybridized carbons (Fsp3) is 0.600. The Morgan fingerprint density at radius 2 is 0.684 bits per heavy atom. The van der Waals surface area contributed by atoms with Crippen LogP contribution in [0.2, 0.25) is 0 Å². The monoisotopic (exact) mass is 308 g/mol. The van der Waals surface area contributed by atoms with Crippen molar-refractivity contribution in [2.45, 2.75) is 27.7 Å². The summed E-state index contributed by atoms with van der Waals surface area (Å²) in [7, 11) is 0. The molecule has 0 amide bonds. The van der Waals surface area contributed by atoms with Crippen LogP contribution in [-0.4, -0.2) is 23.9 Å². The van der Waals surface area contributed by atoms with Gasteiger partial charge in [0.1, 0.15) is 0 Å². The number of carboxylic acid groups (broad SMARTS) is 4. The zero-order chi connectivity index (χ0) is 15.3. The molecule has 19 heavy (non-hydrogen) atoms. The zero-order valence-corrected chi connectivity index (χ0v) is 12.3. The maximum absolute atomic E-state index is 9.93. The Morgan fingerprint density at radius 1 is 0.579 bits per heavy atom. The molecule has 104 valence electrons. The number of aliphatic carboxylic acids is 4. The Balaban J connectivity index is -0.000000256. The summed E-state index contributed by atoms with van der Waals surface area (Å²) < 4.78 is 0. The van der Waals surface area contributed by atoms with Gasteiger partial charge in [0.15, 0.2) is 0 Å². The summed E-state index contributed by atoms with van der Waals surface area (Å²) in [5.74, 6) is -6.55. The quantitative estimate of drug-likeness (QED) is 0.368. The molecule has 0 aliphatic heterocycles. The molecule has 8 nitrogen and oxygen atoms in total. The molecule has 0 fully saturated rings. The van der Waals surface area contributed by atoms with Gasteiger partial charge in [-0.05, 0) is 27.7 Å². The second-order valence-electron chi connectivity index (χ2n) is 4.40. The van der Waals surface area contributed by atoms with Crippen molar-refractivity contribution in [2.24, 2.45) is 10.8 Å². The van der Waals surface area contributed by atoms with Gasteiger partial charge < -0.3 is 39.6 Å². The SMILES string of the molecule is CC(C)(C(=O)[O-])C(=O)[O-].CC(C)(C(=O)[O-])C(=O)[O-].[Ti+4]. The number of hydrogen-bond acceptors (Lipinski definition) is 8. The van der Waals surface area contributed by atoms with Gasteiger partial charge in [-0.3, -0.25) is 0 Å². The van der Waals surface area contributed by atoms with Gasteiger partial charge in [-0.15, -0.1) is 0 Å². The zero-order valence-electron chi connectivity index (χ0n) is 10.8. The van der Waals surface area contributed by atoms with Gasteiger partial charge in [0.05, 0.1) is 23.9 Å². The minimum Gasteiger partial charge on any atom is -0.549 e. The Kier molecular flexibility index (Phi) is 9.46. The molecule has 0 radical (unpaired) electrons. The van der Waals surface area contributed by atoms with Crippen LogP contribution in [0, 0.1) is 10.8 Å². The van der Waals surface area contributed by atoms with Gasteiger partial charge >= 0.3 is 21.7 Å². The fourth-order valence-corrected chi connectivity index (χ4v) is 0.167. The molecule has 0 aromatic rings. The number of carbonyl (C=O) groups excluding carboxylic acids is 4. The van der Waals surface area contributed by atoms with Crippen molar-refractivity contribution in [3.05, 3.63) is 0 Å². The molecule has 0 atom stereocenters. The average Bonchev–Trinajstić information content (AvgIpc) is 2.17. The number of carbonyl (C=O) groups is 4. The van der Waals surface area contributed by atoms with Crippen molar-refractivity contribution >= 4 is 23.9 Å². The van der Waals surface area contributed by atoms with Crippen LogP contribution in [0.15, 0.2) is 0 Å². The van der Waals surface area contributed by atoms with Crippen molar-refractivity contribution in [2.75, 3.05) is 0 Å². The molecule has 0 unspecified atom stereocenters. The third kappa shape index (κ3) is 6.92. The normalized spacial score (nSPS) is 10.3. The molecule has 0 aliphatic carbocycles. The second kappa shape index (κ2) is 7.90. The smallest absolute Gasteiger partial charge is 0.549 e. The summed E-state index contributed by atoms with van der Waals surface area (Å²) in [5.41, 5.74) is -3.78. The van der Waals surface area contributed by atoms with Crippen molar-refractivity contribution in [1.29, 1.82) is 0 Å². The molecule has 0 saturated heterocycles. The Bertz CT molecular complexity index is 304. The van der Waals surface area contributed by atoms with E-state index in [1.807, 2.05) is 0 Å². The third-order valence-electron chi connectivity index (χ3n) is 2.04. The van der Waals surface area contributed by atoms with Crippen molar-refractivity contribution < 1.29 is 61.3 Å². The van der Waals surface area contributed by atoms with Crippen LogP contribution in [0.4, 0.5) is 0 Å². The first-order valence-corrected chi connectivity index (χ1v) is 4.63. The van der Waals surface area contributed by atoms with E-state index in [2.05, 4.69) is 0 Å². The molecule has 0 N–H and O–H groups in total. The molecule has 0 aliphatic rings. The molecule has 0 aromatic heterocycles. The molecular weight excluding hydrogens is 296 g/mol. The van der Waals surface area contributed by atoms with Crippen molar-refractivity contribution in [3.8, 4) is 0 Å². The molecule has 0 heterocycles. The van der Waals surface area contributed by atoms with Crippen LogP contribution < -0.4 is 20.4 Å². The first-order valence-electron chi connectivity index (χ1n) is 4.63. The van der Waals surface area contributed by atoms with E-state index in [1.54, 1.807) is 0 Å². The van der Waals surface area contributed by atoms with Crippen LogP contribution in [0.3, 0.4) is 0 Å². The molecule has 0 saturated carbocycles. The summed E-state index contributed by atoms with van der Waals surface area (Å²) in [6.07, 6.45) is 0. The predicted molar refractivity (Wildman–Crippen MR) is 47.6 cm³/mol. The first-order chi connectivity index (χ1) is 7.77. The van der Waals surface area contributed by atoms with E-state index in [1.165, 1.54) is 0 Å². The maximum atomic E-state index is 9.93. The van der Waals surface area contributed by atoms with Gasteiger partial charge in [-0.2, -0.15) is 0 Å². The van der Waals surface area contributed by atoms with E-state index in [9.17, 15) is 39.6 Å². The van der Waals surface area contributed by atoms with E-state index in [-0.39, 0.29) is 21.7 Å². The molecular formula is C10H12O8Ti. The minimum atomic E-state index is -1.89. The number of hydrogen-bond donors (Lipinski definition) is 0. The molecule has 0 bridgehead atoms. The van der Waals surface area contributed by atoms with E-state index >= 15 is 0 Å². The predicted octanol–water partition coefficient (Wildman–Crippen LogP) is -4.98. The first kappa shape index (κ1) is 22.7. The van der Waals surface area contributed by atoms with Crippen LogP contribution in [0.25, 0.3) is 0 Å². The number of rotatable bonds is 4. The van der Waals surface area contributed by atoms with Gasteiger partial charge in [0.25, 0.3) is 0 Å². The van der Waals surface area contributed by atoms with E-state index in [0.717, 1.165) is 27.7 Å². The third-order valence-corrected chi connectivity index (χ3v) is 2.04. The molecule has 0 rings (SSSR count). The minimum absolute atomic E-state index is 0. The van der Waals surface area contributed by atoms with E-state index < -0.39 is 34.7 Å². The van der Waals surface area contributed by atoms with Gasteiger partial charge in [-0.25, -0.2) is 0 Å². The van der Waals surface area contributed by atoms with E-state index in [4.69, 9.17) is 0 Å². The Labute approximate surface area is 124 Å². The summed E-state index contributed by atoms with van der Waals surface area (Å²) >= 11 is 0. The molecule has 0 spiro atoms. The standard InChI is InChI=1S/2C5H8O4.Ti/c2*1-5(2,3(6)7)4(8)9;/h2*1-2H3,(H,6,7)(H,8,9);/q;;+4/p-4. The van der Waals surface area contributed by atoms with Crippen LogP contribution >= 0.6 is 0 Å². The number of carboxylic acids is 4. The summed E-state index contributed by atoms with van der Waals surface area (Å²) in [5, 5.41) is 39.7. The van der Waals surface area contributed by atoms with E-state index in [0.29, 0.717) is 0 Å². The van der Waals surface area contributed by atoms with Gasteiger partial charge in [0, 0.05) is 10.8 Å². The van der Waals surface area contributed by atoms with Crippen LogP contribution in [-0.2, 0) is 40.9 Å². The Morgan fingerprint density at radius 3 is 0.684 bits per heavy atom. The second-order valence-corrected chi connectivity index (χ2v) is 4.40. The maximum Gasteiger partial charge on any atom is 4.00 e. The largest absolute Gasteiger partial charge is 4.00 e. The fourth-order valence-electron chi connectivity index (χ4n) is 0.167.